The summed E-state index contributed by atoms with van der Waals surface area (Å²) in [6, 6.07) is 10.9. The molecule has 0 fully saturated rings. The fourth-order valence-electron chi connectivity index (χ4n) is 1.68. The summed E-state index contributed by atoms with van der Waals surface area (Å²) in [6.07, 6.45) is -0.106. The number of carbonyl (C=O) groups excluding carboxylic acids is 1. The van der Waals surface area contributed by atoms with Gasteiger partial charge in [-0.1, -0.05) is 35.9 Å². The number of hydrogen-bond donors (Lipinski definition) is 1. The Kier molecular flexibility index (Phi) is 4.27. The molecule has 0 aliphatic heterocycles. The van der Waals surface area contributed by atoms with Gasteiger partial charge in [-0.15, -0.1) is 0 Å². The monoisotopic (exact) mass is 291 g/mol. The van der Waals surface area contributed by atoms with Crippen LogP contribution in [0.25, 0.3) is 0 Å². The van der Waals surface area contributed by atoms with Crippen LogP contribution in [-0.4, -0.2) is 15.8 Å². The summed E-state index contributed by atoms with van der Waals surface area (Å²) in [5.74, 6) is -0.0878. The zero-order valence-corrected chi connectivity index (χ0v) is 11.0. The molecule has 1 N–H and O–H groups in total. The lowest BCUT2D eigenvalue weighted by atomic mass is 10.1. The first-order valence-corrected chi connectivity index (χ1v) is 6.09. The summed E-state index contributed by atoms with van der Waals surface area (Å²) >= 11 is 5.70. The summed E-state index contributed by atoms with van der Waals surface area (Å²) in [5, 5.41) is 13.6. The molecule has 0 bridgehead atoms. The van der Waals surface area contributed by atoms with Gasteiger partial charge in [0, 0.05) is 11.6 Å². The third kappa shape index (κ3) is 3.52. The number of rotatable bonds is 4. The highest BCUT2D eigenvalue weighted by Crippen LogP contribution is 2.18. The van der Waals surface area contributed by atoms with Gasteiger partial charge in [-0.05, 0) is 12.1 Å². The van der Waals surface area contributed by atoms with Crippen molar-refractivity contribution in [2.45, 2.75) is 6.42 Å². The Morgan fingerprint density at radius 1 is 1.25 bits per heavy atom. The molecule has 102 valence electrons. The summed E-state index contributed by atoms with van der Waals surface area (Å²) < 4.78 is 0. The molecule has 0 spiro atoms. The number of nitro groups is 1. The Morgan fingerprint density at radius 2 is 2.00 bits per heavy atom. The maximum absolute atomic E-state index is 11.9. The van der Waals surface area contributed by atoms with Crippen molar-refractivity contribution in [1.29, 1.82) is 0 Å². The molecule has 1 heterocycles. The molecule has 1 amide bonds. The van der Waals surface area contributed by atoms with Crippen molar-refractivity contribution in [2.75, 3.05) is 5.32 Å². The molecule has 2 rings (SSSR count). The molecule has 7 heteroatoms. The fourth-order valence-corrected chi connectivity index (χ4v) is 1.84. The lowest BCUT2D eigenvalue weighted by Gasteiger charge is -2.05. The maximum Gasteiger partial charge on any atom is 0.273 e. The number of pyridine rings is 1. The van der Waals surface area contributed by atoms with Crippen molar-refractivity contribution in [3.8, 4) is 0 Å². The number of benzene rings is 1. The fraction of sp³-hybridized carbons (Fsp3) is 0.0769. The van der Waals surface area contributed by atoms with E-state index in [1.54, 1.807) is 36.4 Å². The van der Waals surface area contributed by atoms with Crippen molar-refractivity contribution < 1.29 is 9.72 Å². The van der Waals surface area contributed by atoms with E-state index in [4.69, 9.17) is 11.6 Å². The Bertz CT molecular complexity index is 661. The zero-order valence-electron chi connectivity index (χ0n) is 10.2. The van der Waals surface area contributed by atoms with E-state index >= 15 is 0 Å². The Hall–Kier alpha value is -2.47. The molecule has 6 nitrogen and oxygen atoms in total. The van der Waals surface area contributed by atoms with Crippen molar-refractivity contribution in [3.05, 3.63) is 63.3 Å². The minimum Gasteiger partial charge on any atom is -0.310 e. The lowest BCUT2D eigenvalue weighted by molar-refractivity contribution is -0.385. The van der Waals surface area contributed by atoms with Crippen LogP contribution in [0.3, 0.4) is 0 Å². The molecule has 20 heavy (non-hydrogen) atoms. The summed E-state index contributed by atoms with van der Waals surface area (Å²) in [4.78, 5) is 26.1. The number of halogens is 1. The van der Waals surface area contributed by atoms with Crippen LogP contribution in [0.2, 0.25) is 5.15 Å². The van der Waals surface area contributed by atoms with Crippen LogP contribution in [0.15, 0.2) is 42.5 Å². The molecule has 0 aliphatic carbocycles. The van der Waals surface area contributed by atoms with E-state index < -0.39 is 10.8 Å². The average molecular weight is 292 g/mol. The molecular formula is C13H10ClN3O3. The molecule has 2 aromatic rings. The number of aromatic nitrogens is 1. The van der Waals surface area contributed by atoms with Gasteiger partial charge in [-0.2, -0.15) is 0 Å². The smallest absolute Gasteiger partial charge is 0.273 e. The van der Waals surface area contributed by atoms with Crippen molar-refractivity contribution >= 4 is 29.0 Å². The van der Waals surface area contributed by atoms with Crippen LogP contribution in [0.4, 0.5) is 11.5 Å². The van der Waals surface area contributed by atoms with Crippen LogP contribution in [0.1, 0.15) is 5.56 Å². The first-order chi connectivity index (χ1) is 9.56. The van der Waals surface area contributed by atoms with Crippen LogP contribution in [-0.2, 0) is 11.2 Å². The van der Waals surface area contributed by atoms with Gasteiger partial charge in [0.15, 0.2) is 0 Å². The number of para-hydroxylation sites is 1. The Labute approximate surface area is 119 Å². The number of anilines is 1. The Balaban J connectivity index is 2.11. The van der Waals surface area contributed by atoms with E-state index in [0.717, 1.165) is 0 Å². The van der Waals surface area contributed by atoms with Gasteiger partial charge < -0.3 is 5.32 Å². The van der Waals surface area contributed by atoms with Gasteiger partial charge in [0.2, 0.25) is 5.91 Å². The highest BCUT2D eigenvalue weighted by Gasteiger charge is 2.15. The van der Waals surface area contributed by atoms with E-state index in [2.05, 4.69) is 10.3 Å². The van der Waals surface area contributed by atoms with Crippen molar-refractivity contribution in [2.24, 2.45) is 0 Å². The number of hydrogen-bond acceptors (Lipinski definition) is 4. The second-order valence-corrected chi connectivity index (χ2v) is 4.34. The van der Waals surface area contributed by atoms with E-state index in [1.165, 1.54) is 6.07 Å². The molecular weight excluding hydrogens is 282 g/mol. The van der Waals surface area contributed by atoms with Crippen LogP contribution in [0, 0.1) is 10.1 Å². The Morgan fingerprint density at radius 3 is 2.70 bits per heavy atom. The molecule has 0 saturated carbocycles. The second-order valence-electron chi connectivity index (χ2n) is 3.96. The molecule has 0 unspecified atom stereocenters. The highest BCUT2D eigenvalue weighted by atomic mass is 35.5. The predicted molar refractivity (Wildman–Crippen MR) is 74.7 cm³/mol. The topological polar surface area (TPSA) is 85.1 Å². The number of nitrogens with one attached hydrogen (secondary N) is 1. The van der Waals surface area contributed by atoms with Gasteiger partial charge >= 0.3 is 0 Å². The highest BCUT2D eigenvalue weighted by molar-refractivity contribution is 6.29. The number of amides is 1. The SMILES string of the molecule is O=C(Cc1ccccc1[N+](=O)[O-])Nc1cccc(Cl)n1. The van der Waals surface area contributed by atoms with Gasteiger partial charge in [0.05, 0.1) is 11.3 Å². The first-order valence-electron chi connectivity index (χ1n) is 5.71. The molecule has 0 aliphatic rings. The van der Waals surface area contributed by atoms with Crippen LogP contribution < -0.4 is 5.32 Å². The van der Waals surface area contributed by atoms with Crippen molar-refractivity contribution in [1.82, 2.24) is 4.98 Å². The minimum atomic E-state index is -0.514. The van der Waals surface area contributed by atoms with E-state index in [1.807, 2.05) is 0 Å². The van der Waals surface area contributed by atoms with E-state index in [0.29, 0.717) is 11.4 Å². The second kappa shape index (κ2) is 6.12. The third-order valence-corrected chi connectivity index (χ3v) is 2.73. The molecule has 1 aromatic carbocycles. The quantitative estimate of drug-likeness (QED) is 0.533. The molecule has 0 radical (unpaired) electrons. The van der Waals surface area contributed by atoms with Gasteiger partial charge in [-0.3, -0.25) is 14.9 Å². The van der Waals surface area contributed by atoms with E-state index in [9.17, 15) is 14.9 Å². The number of nitro benzene ring substituents is 1. The van der Waals surface area contributed by atoms with E-state index in [-0.39, 0.29) is 17.3 Å². The third-order valence-electron chi connectivity index (χ3n) is 2.52. The van der Waals surface area contributed by atoms with Crippen LogP contribution >= 0.6 is 11.6 Å². The standard InChI is InChI=1S/C13H10ClN3O3/c14-11-6-3-7-12(15-11)16-13(18)8-9-4-1-2-5-10(9)17(19)20/h1-7H,8H2,(H,15,16,18). The first kappa shape index (κ1) is 14.0. The summed E-state index contributed by atoms with van der Waals surface area (Å²) in [5.41, 5.74) is 0.263. The predicted octanol–water partition coefficient (Wildman–Crippen LogP) is 2.82. The molecule has 0 saturated heterocycles. The zero-order chi connectivity index (χ0) is 14.5. The summed E-state index contributed by atoms with van der Waals surface area (Å²) in [7, 11) is 0. The lowest BCUT2D eigenvalue weighted by Crippen LogP contribution is -2.16. The minimum absolute atomic E-state index is 0.0818. The number of nitrogens with zero attached hydrogens (tertiary/aromatic N) is 2. The van der Waals surface area contributed by atoms with Gasteiger partial charge in [0.25, 0.3) is 5.69 Å². The maximum atomic E-state index is 11.9. The largest absolute Gasteiger partial charge is 0.310 e. The number of carbonyl (C=O) groups is 1. The van der Waals surface area contributed by atoms with Crippen LogP contribution in [0.5, 0.6) is 0 Å². The average Bonchev–Trinajstić information content (AvgIpc) is 2.38. The van der Waals surface area contributed by atoms with Gasteiger partial charge in [0.1, 0.15) is 11.0 Å². The summed E-state index contributed by atoms with van der Waals surface area (Å²) in [6.45, 7) is 0. The van der Waals surface area contributed by atoms with Gasteiger partial charge in [-0.25, -0.2) is 4.98 Å². The van der Waals surface area contributed by atoms with Crippen molar-refractivity contribution in [3.63, 3.8) is 0 Å². The molecule has 0 atom stereocenters. The normalized spacial score (nSPS) is 10.1. The molecule has 1 aromatic heterocycles.